The summed E-state index contributed by atoms with van der Waals surface area (Å²) < 4.78 is 0. The van der Waals surface area contributed by atoms with E-state index in [1.165, 1.54) is 36.8 Å². The molecule has 3 unspecified atom stereocenters. The van der Waals surface area contributed by atoms with Crippen molar-refractivity contribution < 1.29 is 5.11 Å². The van der Waals surface area contributed by atoms with E-state index in [2.05, 4.69) is 13.0 Å². The average Bonchev–Trinajstić information content (AvgIpc) is 2.74. The molecule has 3 aliphatic carbocycles. The summed E-state index contributed by atoms with van der Waals surface area (Å²) in [6, 6.07) is 5.98. The third kappa shape index (κ3) is 1.54. The molecule has 0 aromatic heterocycles. The minimum Gasteiger partial charge on any atom is -0.508 e. The second-order valence-electron chi connectivity index (χ2n) is 7.27. The topological polar surface area (TPSA) is 44.1 Å². The van der Waals surface area contributed by atoms with Gasteiger partial charge in [0.2, 0.25) is 0 Å². The van der Waals surface area contributed by atoms with Crippen LogP contribution in [0.1, 0.15) is 56.1 Å². The van der Waals surface area contributed by atoms with Crippen molar-refractivity contribution in [2.75, 3.05) is 0 Å². The van der Waals surface area contributed by atoms with Crippen LogP contribution in [-0.2, 0) is 6.42 Å². The molecule has 1 aromatic carbocycles. The van der Waals surface area contributed by atoms with Gasteiger partial charge in [0, 0.05) is 11.1 Å². The molecule has 0 bridgehead atoms. The number of fused-ring (bicyclic) bond motifs is 5. The highest BCUT2D eigenvalue weighted by Gasteiger charge is 2.52. The lowest BCUT2D eigenvalue weighted by Gasteiger charge is -2.49. The maximum atomic E-state index is 9.68. The summed E-state index contributed by atoms with van der Waals surface area (Å²) in [6.07, 6.45) is 6.99. The van der Waals surface area contributed by atoms with Gasteiger partial charge in [0.15, 0.2) is 0 Å². The Morgan fingerprint density at radius 2 is 2.05 bits per heavy atom. The van der Waals surface area contributed by atoms with Gasteiger partial charge in [-0.25, -0.2) is 0 Å². The van der Waals surface area contributed by atoms with Gasteiger partial charge in [-0.2, -0.15) is 0 Å². The number of hydrogen-bond donors (Lipinski definition) is 2. The highest BCUT2D eigenvalue weighted by molar-refractivity contribution is 5.89. The van der Waals surface area contributed by atoms with Crippen LogP contribution in [0.15, 0.2) is 18.2 Å². The van der Waals surface area contributed by atoms with Gasteiger partial charge < -0.3 is 10.5 Å². The highest BCUT2D eigenvalue weighted by Crippen LogP contribution is 2.59. The van der Waals surface area contributed by atoms with Crippen LogP contribution < -0.4 is 0 Å². The minimum atomic E-state index is 0.190. The molecule has 2 heteroatoms. The lowest BCUT2D eigenvalue weighted by Crippen LogP contribution is -2.42. The largest absolute Gasteiger partial charge is 0.508 e. The molecule has 2 N–H and O–H groups in total. The van der Waals surface area contributed by atoms with E-state index >= 15 is 0 Å². The zero-order chi connectivity index (χ0) is 13.9. The number of rotatable bonds is 0. The van der Waals surface area contributed by atoms with Crippen molar-refractivity contribution in [2.45, 2.75) is 51.4 Å². The third-order valence-electron chi connectivity index (χ3n) is 6.49. The Morgan fingerprint density at radius 3 is 2.90 bits per heavy atom. The summed E-state index contributed by atoms with van der Waals surface area (Å²) in [5, 5.41) is 18.0. The smallest absolute Gasteiger partial charge is 0.115 e. The van der Waals surface area contributed by atoms with Gasteiger partial charge >= 0.3 is 0 Å². The number of phenols is 1. The second-order valence-corrected chi connectivity index (χ2v) is 7.27. The first-order chi connectivity index (χ1) is 9.59. The van der Waals surface area contributed by atoms with Crippen LogP contribution in [0.5, 0.6) is 5.75 Å². The van der Waals surface area contributed by atoms with Crippen LogP contribution in [0.2, 0.25) is 0 Å². The Hall–Kier alpha value is -1.31. The molecular formula is C18H23NO. The summed E-state index contributed by atoms with van der Waals surface area (Å²) in [6.45, 7) is 2.34. The van der Waals surface area contributed by atoms with Crippen LogP contribution in [0.25, 0.3) is 0 Å². The zero-order valence-electron chi connectivity index (χ0n) is 12.2. The zero-order valence-corrected chi connectivity index (χ0v) is 12.2. The molecule has 2 saturated carbocycles. The summed E-state index contributed by atoms with van der Waals surface area (Å²) in [4.78, 5) is 0. The summed E-state index contributed by atoms with van der Waals surface area (Å²) in [5.41, 5.74) is 4.05. The van der Waals surface area contributed by atoms with E-state index in [0.29, 0.717) is 11.7 Å². The number of phenolic OH excluding ortho intramolecular Hbond substituents is 1. The second kappa shape index (κ2) is 4.09. The van der Waals surface area contributed by atoms with Gasteiger partial charge in [-0.05, 0) is 79.5 Å². The van der Waals surface area contributed by atoms with Crippen LogP contribution in [0.4, 0.5) is 0 Å². The number of benzene rings is 1. The Bertz CT molecular complexity index is 579. The van der Waals surface area contributed by atoms with E-state index in [0.717, 1.165) is 30.4 Å². The van der Waals surface area contributed by atoms with Crippen molar-refractivity contribution in [1.29, 1.82) is 5.41 Å². The fraction of sp³-hybridized carbons (Fsp3) is 0.611. The van der Waals surface area contributed by atoms with Crippen molar-refractivity contribution in [3.8, 4) is 5.75 Å². The minimum absolute atomic E-state index is 0.190. The van der Waals surface area contributed by atoms with Gasteiger partial charge in [-0.3, -0.25) is 0 Å². The van der Waals surface area contributed by atoms with Crippen molar-refractivity contribution in [1.82, 2.24) is 0 Å². The quantitative estimate of drug-likeness (QED) is 0.726. The molecule has 0 amide bonds. The van der Waals surface area contributed by atoms with Gasteiger partial charge in [-0.15, -0.1) is 0 Å². The predicted molar refractivity (Wildman–Crippen MR) is 80.5 cm³/mol. The number of hydrogen-bond acceptors (Lipinski definition) is 2. The SMILES string of the molecule is C[C@]12CCC3c4ccc(O)cc4CCC3C1CCC2=N. The first kappa shape index (κ1) is 12.4. The molecule has 20 heavy (non-hydrogen) atoms. The van der Waals surface area contributed by atoms with E-state index in [1.807, 2.05) is 12.1 Å². The standard InChI is InChI=1S/C18H23NO/c1-18-9-8-14-13-5-3-12(20)10-11(13)2-4-15(14)16(18)6-7-17(18)19/h3,5,10,14-16,19-20H,2,4,6-9H2,1H3/t14?,15?,16?,18-/m0/s1. The first-order valence-electron chi connectivity index (χ1n) is 7.99. The predicted octanol–water partition coefficient (Wildman–Crippen LogP) is 4.27. The molecule has 0 saturated heterocycles. The Labute approximate surface area is 120 Å². The van der Waals surface area contributed by atoms with Crippen LogP contribution >= 0.6 is 0 Å². The molecule has 4 atom stereocenters. The van der Waals surface area contributed by atoms with E-state index in [-0.39, 0.29) is 5.41 Å². The molecule has 0 radical (unpaired) electrons. The normalized spacial score (nSPS) is 39.0. The summed E-state index contributed by atoms with van der Waals surface area (Å²) >= 11 is 0. The van der Waals surface area contributed by atoms with E-state index in [4.69, 9.17) is 5.41 Å². The van der Waals surface area contributed by atoms with Crippen molar-refractivity contribution in [2.24, 2.45) is 17.3 Å². The molecule has 4 rings (SSSR count). The fourth-order valence-corrected chi connectivity index (χ4v) is 5.38. The molecule has 0 spiro atoms. The Kier molecular flexibility index (Phi) is 2.55. The molecule has 2 nitrogen and oxygen atoms in total. The van der Waals surface area contributed by atoms with Crippen molar-refractivity contribution >= 4 is 5.71 Å². The van der Waals surface area contributed by atoms with Gasteiger partial charge in [0.25, 0.3) is 0 Å². The lowest BCUT2D eigenvalue weighted by molar-refractivity contribution is 0.0953. The number of aryl methyl sites for hydroxylation is 1. The molecule has 3 aliphatic rings. The molecule has 106 valence electrons. The van der Waals surface area contributed by atoms with E-state index < -0.39 is 0 Å². The number of aromatic hydroxyl groups is 1. The average molecular weight is 269 g/mol. The van der Waals surface area contributed by atoms with Crippen molar-refractivity contribution in [3.63, 3.8) is 0 Å². The van der Waals surface area contributed by atoms with Crippen molar-refractivity contribution in [3.05, 3.63) is 29.3 Å². The van der Waals surface area contributed by atoms with Gasteiger partial charge in [0.1, 0.15) is 5.75 Å². The maximum Gasteiger partial charge on any atom is 0.115 e. The highest BCUT2D eigenvalue weighted by atomic mass is 16.3. The molecule has 0 heterocycles. The maximum absolute atomic E-state index is 9.68. The Balaban J connectivity index is 1.73. The summed E-state index contributed by atoms with van der Waals surface area (Å²) in [5.74, 6) is 2.55. The van der Waals surface area contributed by atoms with Crippen LogP contribution in [-0.4, -0.2) is 10.8 Å². The Morgan fingerprint density at radius 1 is 1.20 bits per heavy atom. The fourth-order valence-electron chi connectivity index (χ4n) is 5.38. The molecule has 0 aliphatic heterocycles. The van der Waals surface area contributed by atoms with E-state index in [9.17, 15) is 5.11 Å². The van der Waals surface area contributed by atoms with Gasteiger partial charge in [-0.1, -0.05) is 13.0 Å². The third-order valence-corrected chi connectivity index (χ3v) is 6.49. The monoisotopic (exact) mass is 269 g/mol. The molecular weight excluding hydrogens is 246 g/mol. The molecule has 2 fully saturated rings. The van der Waals surface area contributed by atoms with Gasteiger partial charge in [0.05, 0.1) is 0 Å². The first-order valence-corrected chi connectivity index (χ1v) is 7.99. The molecule has 1 aromatic rings. The summed E-state index contributed by atoms with van der Waals surface area (Å²) in [7, 11) is 0. The van der Waals surface area contributed by atoms with E-state index in [1.54, 1.807) is 0 Å². The number of nitrogens with one attached hydrogen (secondary N) is 1. The van der Waals surface area contributed by atoms with Crippen LogP contribution in [0, 0.1) is 22.7 Å². The lowest BCUT2D eigenvalue weighted by atomic mass is 9.55. The van der Waals surface area contributed by atoms with Crippen LogP contribution in [0.3, 0.4) is 0 Å².